The number of piperazine rings is 1. The Kier molecular flexibility index (Phi) is 5.47. The van der Waals surface area contributed by atoms with Crippen LogP contribution in [-0.4, -0.2) is 68.5 Å². The van der Waals surface area contributed by atoms with Crippen LogP contribution in [0.1, 0.15) is 26.3 Å². The molecule has 4 aromatic rings. The van der Waals surface area contributed by atoms with Crippen LogP contribution in [0.3, 0.4) is 0 Å². The van der Waals surface area contributed by atoms with Crippen molar-refractivity contribution in [3.63, 3.8) is 0 Å². The molecule has 4 heterocycles. The number of fused-ring (bicyclic) bond motifs is 1. The van der Waals surface area contributed by atoms with Crippen LogP contribution in [0.4, 0.5) is 0 Å². The minimum atomic E-state index is -0.567. The highest BCUT2D eigenvalue weighted by Gasteiger charge is 2.30. The van der Waals surface area contributed by atoms with Gasteiger partial charge in [0.25, 0.3) is 17.6 Å². The lowest BCUT2D eigenvalue weighted by Crippen LogP contribution is -2.52. The van der Waals surface area contributed by atoms with Gasteiger partial charge in [-0.2, -0.15) is 0 Å². The van der Waals surface area contributed by atoms with Gasteiger partial charge >= 0.3 is 0 Å². The van der Waals surface area contributed by atoms with Crippen molar-refractivity contribution in [2.24, 2.45) is 0 Å². The van der Waals surface area contributed by atoms with Gasteiger partial charge in [-0.1, -0.05) is 18.2 Å². The van der Waals surface area contributed by atoms with E-state index in [0.29, 0.717) is 53.9 Å². The molecule has 1 saturated heterocycles. The van der Waals surface area contributed by atoms with Crippen molar-refractivity contribution in [1.29, 1.82) is 0 Å². The number of carbonyl (C=O) groups is 3. The molecule has 0 radical (unpaired) electrons. The summed E-state index contributed by atoms with van der Waals surface area (Å²) in [5, 5.41) is 2.57. The van der Waals surface area contributed by atoms with E-state index < -0.39 is 11.7 Å². The van der Waals surface area contributed by atoms with Crippen molar-refractivity contribution in [3.8, 4) is 11.4 Å². The molecule has 0 unspecified atom stereocenters. The van der Waals surface area contributed by atoms with E-state index in [1.54, 1.807) is 34.9 Å². The third-order valence-corrected chi connectivity index (χ3v) is 6.47. The first-order valence-electron chi connectivity index (χ1n) is 10.6. The van der Waals surface area contributed by atoms with E-state index in [9.17, 15) is 14.4 Å². The number of hydrogen-bond donors (Lipinski definition) is 1. The molecule has 0 aliphatic carbocycles. The number of nitrogens with one attached hydrogen (secondary N) is 1. The molecule has 0 spiro atoms. The van der Waals surface area contributed by atoms with Crippen LogP contribution in [0.25, 0.3) is 22.3 Å². The van der Waals surface area contributed by atoms with Crippen LogP contribution in [0.5, 0.6) is 0 Å². The molecule has 8 nitrogen and oxygen atoms in total. The van der Waals surface area contributed by atoms with Crippen LogP contribution >= 0.6 is 11.3 Å². The summed E-state index contributed by atoms with van der Waals surface area (Å²) in [4.78, 5) is 54.0. The Morgan fingerprint density at radius 3 is 2.42 bits per heavy atom. The van der Waals surface area contributed by atoms with E-state index >= 15 is 0 Å². The Morgan fingerprint density at radius 1 is 1.00 bits per heavy atom. The number of H-pyrrole nitrogens is 1. The average molecular weight is 460 g/mol. The maximum atomic E-state index is 13.2. The monoisotopic (exact) mass is 459 g/mol. The van der Waals surface area contributed by atoms with Gasteiger partial charge in [-0.05, 0) is 24.6 Å². The van der Waals surface area contributed by atoms with E-state index in [4.69, 9.17) is 0 Å². The molecule has 1 aromatic carbocycles. The second kappa shape index (κ2) is 8.59. The first-order valence-corrected chi connectivity index (χ1v) is 11.5. The largest absolute Gasteiger partial charge is 0.359 e. The lowest BCUT2D eigenvalue weighted by molar-refractivity contribution is -0.127. The molecule has 0 saturated carbocycles. The lowest BCUT2D eigenvalue weighted by Gasteiger charge is -2.34. The number of benzene rings is 1. The number of amides is 2. The second-order valence-corrected chi connectivity index (χ2v) is 8.61. The van der Waals surface area contributed by atoms with Crippen LogP contribution in [0.2, 0.25) is 0 Å². The molecular weight excluding hydrogens is 438 g/mol. The highest BCUT2D eigenvalue weighted by atomic mass is 32.1. The van der Waals surface area contributed by atoms with Gasteiger partial charge in [-0.3, -0.25) is 19.4 Å². The highest BCUT2D eigenvalue weighted by molar-refractivity contribution is 7.07. The molecule has 0 bridgehead atoms. The van der Waals surface area contributed by atoms with Crippen molar-refractivity contribution in [1.82, 2.24) is 24.8 Å². The fourth-order valence-electron chi connectivity index (χ4n) is 4.15. The summed E-state index contributed by atoms with van der Waals surface area (Å²) < 4.78 is 0. The first kappa shape index (κ1) is 21.0. The van der Waals surface area contributed by atoms with E-state index in [1.807, 2.05) is 30.5 Å². The number of rotatable bonds is 4. The zero-order chi connectivity index (χ0) is 22.9. The molecular formula is C24H21N5O3S. The molecule has 166 valence electrons. The van der Waals surface area contributed by atoms with Gasteiger partial charge in [-0.15, -0.1) is 11.3 Å². The van der Waals surface area contributed by atoms with Gasteiger partial charge in [0.1, 0.15) is 11.4 Å². The zero-order valence-corrected chi connectivity index (χ0v) is 18.8. The fraction of sp³-hybridized carbons (Fsp3) is 0.208. The zero-order valence-electron chi connectivity index (χ0n) is 17.9. The Morgan fingerprint density at radius 2 is 1.73 bits per heavy atom. The Bertz CT molecular complexity index is 1340. The summed E-state index contributed by atoms with van der Waals surface area (Å²) in [7, 11) is 0. The number of carbonyl (C=O) groups excluding carboxylic acids is 3. The molecule has 3 aromatic heterocycles. The van der Waals surface area contributed by atoms with Crippen LogP contribution in [-0.2, 0) is 4.79 Å². The molecule has 9 heteroatoms. The quantitative estimate of drug-likeness (QED) is 0.373. The number of Topliss-reactive ketones (excluding diaryl/α,β-unsaturated/α-hetero) is 1. The van der Waals surface area contributed by atoms with E-state index in [1.165, 1.54) is 16.2 Å². The highest BCUT2D eigenvalue weighted by Crippen LogP contribution is 2.30. The summed E-state index contributed by atoms with van der Waals surface area (Å²) >= 11 is 1.46. The smallest absolute Gasteiger partial charge is 0.295 e. The number of aromatic nitrogens is 3. The Hall–Kier alpha value is -3.85. The molecule has 0 atom stereocenters. The Balaban J connectivity index is 1.34. The molecule has 1 aliphatic rings. The van der Waals surface area contributed by atoms with Crippen molar-refractivity contribution >= 4 is 39.8 Å². The summed E-state index contributed by atoms with van der Waals surface area (Å²) in [6.07, 6.45) is 3.27. The number of thiazole rings is 1. The topological polar surface area (TPSA) is 99.3 Å². The third-order valence-electron chi connectivity index (χ3n) is 5.89. The molecule has 1 fully saturated rings. The maximum Gasteiger partial charge on any atom is 0.295 e. The van der Waals surface area contributed by atoms with Crippen molar-refractivity contribution in [2.45, 2.75) is 6.92 Å². The summed E-state index contributed by atoms with van der Waals surface area (Å²) in [5.74, 6) is -1.19. The van der Waals surface area contributed by atoms with Crippen molar-refractivity contribution < 1.29 is 14.4 Å². The maximum absolute atomic E-state index is 13.2. The van der Waals surface area contributed by atoms with Gasteiger partial charge in [0.2, 0.25) is 0 Å². The normalized spacial score (nSPS) is 14.0. The van der Waals surface area contributed by atoms with Gasteiger partial charge in [0.05, 0.1) is 16.6 Å². The summed E-state index contributed by atoms with van der Waals surface area (Å²) in [5.41, 5.74) is 5.53. The summed E-state index contributed by atoms with van der Waals surface area (Å²) in [6.45, 7) is 3.27. The van der Waals surface area contributed by atoms with Crippen molar-refractivity contribution in [2.75, 3.05) is 26.2 Å². The molecule has 33 heavy (non-hydrogen) atoms. The predicted octanol–water partition coefficient (Wildman–Crippen LogP) is 3.16. The van der Waals surface area contributed by atoms with Crippen molar-refractivity contribution in [3.05, 3.63) is 70.3 Å². The number of hydrogen-bond acceptors (Lipinski definition) is 6. The number of aryl methyl sites for hydroxylation is 1. The number of nitrogens with zero attached hydrogens (tertiary/aromatic N) is 4. The van der Waals surface area contributed by atoms with Gasteiger partial charge in [0.15, 0.2) is 0 Å². The summed E-state index contributed by atoms with van der Waals surface area (Å²) in [6, 6.07) is 9.06. The SMILES string of the molecule is Cc1cnc(-c2cscn2)c2[nH]cc(C(=O)C(=O)N3CCN(C(=O)c4ccccc4)CC3)c12. The predicted molar refractivity (Wildman–Crippen MR) is 125 cm³/mol. The number of pyridine rings is 1. The minimum absolute atomic E-state index is 0.0663. The van der Waals surface area contributed by atoms with Gasteiger partial charge in [-0.25, -0.2) is 4.98 Å². The molecule has 1 N–H and O–H groups in total. The van der Waals surface area contributed by atoms with Crippen LogP contribution in [0, 0.1) is 6.92 Å². The van der Waals surface area contributed by atoms with Crippen LogP contribution in [0.15, 0.2) is 53.6 Å². The van der Waals surface area contributed by atoms with Gasteiger partial charge in [0, 0.05) is 54.9 Å². The molecule has 1 aliphatic heterocycles. The Labute approximate surface area is 193 Å². The lowest BCUT2D eigenvalue weighted by atomic mass is 10.0. The average Bonchev–Trinajstić information content (AvgIpc) is 3.55. The fourth-order valence-corrected chi connectivity index (χ4v) is 4.68. The molecule has 2 amide bonds. The third kappa shape index (κ3) is 3.80. The van der Waals surface area contributed by atoms with Gasteiger partial charge < -0.3 is 14.8 Å². The minimum Gasteiger partial charge on any atom is -0.359 e. The van der Waals surface area contributed by atoms with E-state index in [2.05, 4.69) is 15.0 Å². The van der Waals surface area contributed by atoms with E-state index in [-0.39, 0.29) is 5.91 Å². The number of aromatic amines is 1. The second-order valence-electron chi connectivity index (χ2n) is 7.90. The van der Waals surface area contributed by atoms with E-state index in [0.717, 1.165) is 11.3 Å². The molecule has 5 rings (SSSR count). The standard InChI is InChI=1S/C24H21N5O3S/c1-15-11-25-20(18-13-33-14-27-18)21-19(15)17(12-26-21)22(30)24(32)29-9-7-28(8-10-29)23(31)16-5-3-2-4-6-16/h2-6,11-14,26H,7-10H2,1H3. The number of ketones is 1. The first-order chi connectivity index (χ1) is 16.0. The van der Waals surface area contributed by atoms with Crippen LogP contribution < -0.4 is 0 Å².